The summed E-state index contributed by atoms with van der Waals surface area (Å²) in [6.45, 7) is 3.50. The van der Waals surface area contributed by atoms with Crippen molar-refractivity contribution in [2.24, 2.45) is 5.92 Å². The van der Waals surface area contributed by atoms with Crippen molar-refractivity contribution in [1.82, 2.24) is 10.6 Å². The summed E-state index contributed by atoms with van der Waals surface area (Å²) >= 11 is 0. The minimum atomic E-state index is -0.890. The van der Waals surface area contributed by atoms with Gasteiger partial charge in [-0.1, -0.05) is 12.8 Å². The molecule has 1 saturated carbocycles. The lowest BCUT2D eigenvalue weighted by Gasteiger charge is -2.26. The quantitative estimate of drug-likeness (QED) is 0.717. The number of carboxylic acid groups (broad SMARTS) is 1. The highest BCUT2D eigenvalue weighted by Crippen LogP contribution is 2.33. The molecular formula is C14H24N2O3. The van der Waals surface area contributed by atoms with Crippen molar-refractivity contribution in [1.29, 1.82) is 0 Å². The molecule has 2 aliphatic rings. The Kier molecular flexibility index (Phi) is 4.13. The van der Waals surface area contributed by atoms with E-state index in [0.717, 1.165) is 12.8 Å². The molecule has 1 aliphatic carbocycles. The SMILES string of the molecule is CC(C)(CC(=O)O)NC(=O)C1CC2CCCCC2N1. The molecule has 0 aromatic rings. The van der Waals surface area contributed by atoms with Gasteiger partial charge < -0.3 is 15.7 Å². The van der Waals surface area contributed by atoms with Gasteiger partial charge in [0, 0.05) is 11.6 Å². The minimum absolute atomic E-state index is 0.0550. The molecule has 1 heterocycles. The van der Waals surface area contributed by atoms with Crippen LogP contribution in [0.25, 0.3) is 0 Å². The third kappa shape index (κ3) is 3.69. The van der Waals surface area contributed by atoms with E-state index in [0.29, 0.717) is 12.0 Å². The van der Waals surface area contributed by atoms with Crippen molar-refractivity contribution in [3.8, 4) is 0 Å². The zero-order valence-electron chi connectivity index (χ0n) is 11.7. The number of hydrogen-bond acceptors (Lipinski definition) is 3. The van der Waals surface area contributed by atoms with Gasteiger partial charge in [-0.25, -0.2) is 0 Å². The van der Waals surface area contributed by atoms with Crippen LogP contribution in [0.5, 0.6) is 0 Å². The Morgan fingerprint density at radius 3 is 2.63 bits per heavy atom. The van der Waals surface area contributed by atoms with E-state index < -0.39 is 11.5 Å². The molecule has 3 N–H and O–H groups in total. The van der Waals surface area contributed by atoms with Crippen molar-refractivity contribution >= 4 is 11.9 Å². The van der Waals surface area contributed by atoms with Crippen LogP contribution >= 0.6 is 0 Å². The van der Waals surface area contributed by atoms with Crippen molar-refractivity contribution in [3.63, 3.8) is 0 Å². The highest BCUT2D eigenvalue weighted by molar-refractivity contribution is 5.83. The highest BCUT2D eigenvalue weighted by Gasteiger charge is 2.39. The number of hydrogen-bond donors (Lipinski definition) is 3. The van der Waals surface area contributed by atoms with Gasteiger partial charge in [-0.05, 0) is 39.0 Å². The van der Waals surface area contributed by atoms with Crippen LogP contribution in [0.3, 0.4) is 0 Å². The monoisotopic (exact) mass is 268 g/mol. The Hall–Kier alpha value is -1.10. The smallest absolute Gasteiger partial charge is 0.305 e. The summed E-state index contributed by atoms with van der Waals surface area (Å²) in [5.74, 6) is -0.328. The molecule has 19 heavy (non-hydrogen) atoms. The maximum absolute atomic E-state index is 12.2. The zero-order chi connectivity index (χ0) is 14.0. The van der Waals surface area contributed by atoms with E-state index in [2.05, 4.69) is 10.6 Å². The summed E-state index contributed by atoms with van der Waals surface area (Å²) < 4.78 is 0. The molecule has 1 aliphatic heterocycles. The molecule has 3 unspecified atom stereocenters. The molecule has 1 saturated heterocycles. The number of carboxylic acids is 1. The molecule has 2 fully saturated rings. The molecule has 1 amide bonds. The molecule has 0 aromatic heterocycles. The third-order valence-corrected chi connectivity index (χ3v) is 4.23. The van der Waals surface area contributed by atoms with E-state index in [9.17, 15) is 9.59 Å². The average Bonchev–Trinajstić information content (AvgIpc) is 2.69. The molecular weight excluding hydrogens is 244 g/mol. The summed E-state index contributed by atoms with van der Waals surface area (Å²) in [7, 11) is 0. The van der Waals surface area contributed by atoms with Crippen LogP contribution in [0.4, 0.5) is 0 Å². The minimum Gasteiger partial charge on any atom is -0.481 e. The molecule has 0 radical (unpaired) electrons. The fourth-order valence-corrected chi connectivity index (χ4v) is 3.36. The Morgan fingerprint density at radius 1 is 1.32 bits per heavy atom. The number of amides is 1. The van der Waals surface area contributed by atoms with Gasteiger partial charge in [-0.3, -0.25) is 9.59 Å². The number of carbonyl (C=O) groups excluding carboxylic acids is 1. The van der Waals surface area contributed by atoms with Gasteiger partial charge in [-0.2, -0.15) is 0 Å². The number of carbonyl (C=O) groups is 2. The van der Waals surface area contributed by atoms with Gasteiger partial charge >= 0.3 is 5.97 Å². The van der Waals surface area contributed by atoms with Crippen LogP contribution in [-0.2, 0) is 9.59 Å². The van der Waals surface area contributed by atoms with Crippen LogP contribution < -0.4 is 10.6 Å². The van der Waals surface area contributed by atoms with Crippen molar-refractivity contribution in [3.05, 3.63) is 0 Å². The Morgan fingerprint density at radius 2 is 2.00 bits per heavy atom. The third-order valence-electron chi connectivity index (χ3n) is 4.23. The van der Waals surface area contributed by atoms with E-state index in [1.807, 2.05) is 0 Å². The first kappa shape index (κ1) is 14.3. The molecule has 0 spiro atoms. The number of aliphatic carboxylic acids is 1. The fourth-order valence-electron chi connectivity index (χ4n) is 3.36. The highest BCUT2D eigenvalue weighted by atomic mass is 16.4. The van der Waals surface area contributed by atoms with Crippen LogP contribution in [0.2, 0.25) is 0 Å². The number of rotatable bonds is 4. The van der Waals surface area contributed by atoms with Gasteiger partial charge in [0.25, 0.3) is 0 Å². The second-order valence-electron chi connectivity index (χ2n) is 6.55. The molecule has 0 bridgehead atoms. The summed E-state index contributed by atoms with van der Waals surface area (Å²) in [4.78, 5) is 23.0. The second kappa shape index (κ2) is 5.49. The molecule has 5 nitrogen and oxygen atoms in total. The average molecular weight is 268 g/mol. The Bertz CT molecular complexity index is 354. The summed E-state index contributed by atoms with van der Waals surface area (Å²) in [5, 5.41) is 15.1. The zero-order valence-corrected chi connectivity index (χ0v) is 11.7. The standard InChI is InChI=1S/C14H24N2O3/c1-14(2,8-12(17)18)16-13(19)11-7-9-5-3-4-6-10(9)15-11/h9-11,15H,3-8H2,1-2H3,(H,16,19)(H,17,18). The lowest BCUT2D eigenvalue weighted by Crippen LogP contribution is -2.51. The normalized spacial score (nSPS) is 30.7. The van der Waals surface area contributed by atoms with E-state index in [1.165, 1.54) is 19.3 Å². The van der Waals surface area contributed by atoms with Gasteiger partial charge in [0.15, 0.2) is 0 Å². The summed E-state index contributed by atoms with van der Waals surface area (Å²) in [6.07, 6.45) is 5.71. The fraction of sp³-hybridized carbons (Fsp3) is 0.857. The molecule has 108 valence electrons. The predicted octanol–water partition coefficient (Wildman–Crippen LogP) is 1.28. The largest absolute Gasteiger partial charge is 0.481 e. The second-order valence-corrected chi connectivity index (χ2v) is 6.55. The van der Waals surface area contributed by atoms with E-state index >= 15 is 0 Å². The molecule has 0 aromatic carbocycles. The topological polar surface area (TPSA) is 78.4 Å². The van der Waals surface area contributed by atoms with Gasteiger partial charge in [-0.15, -0.1) is 0 Å². The molecule has 5 heteroatoms. The summed E-state index contributed by atoms with van der Waals surface area (Å²) in [5.41, 5.74) is -0.696. The lowest BCUT2D eigenvalue weighted by atomic mass is 9.85. The van der Waals surface area contributed by atoms with Crippen LogP contribution in [0.15, 0.2) is 0 Å². The summed E-state index contributed by atoms with van der Waals surface area (Å²) in [6, 6.07) is 0.327. The van der Waals surface area contributed by atoms with Crippen molar-refractivity contribution < 1.29 is 14.7 Å². The van der Waals surface area contributed by atoms with E-state index in [1.54, 1.807) is 13.8 Å². The predicted molar refractivity (Wildman–Crippen MR) is 71.8 cm³/mol. The number of fused-ring (bicyclic) bond motifs is 1. The van der Waals surface area contributed by atoms with Gasteiger partial charge in [0.2, 0.25) is 5.91 Å². The van der Waals surface area contributed by atoms with Crippen molar-refractivity contribution in [2.45, 2.75) is 70.0 Å². The maximum atomic E-state index is 12.2. The number of nitrogens with one attached hydrogen (secondary N) is 2. The first-order valence-electron chi connectivity index (χ1n) is 7.17. The Balaban J connectivity index is 1.88. The first-order chi connectivity index (χ1) is 8.87. The van der Waals surface area contributed by atoms with Crippen LogP contribution in [0.1, 0.15) is 52.4 Å². The van der Waals surface area contributed by atoms with Crippen LogP contribution in [0, 0.1) is 5.92 Å². The molecule has 2 rings (SSSR count). The van der Waals surface area contributed by atoms with E-state index in [4.69, 9.17) is 5.11 Å². The lowest BCUT2D eigenvalue weighted by molar-refractivity contribution is -0.138. The van der Waals surface area contributed by atoms with Gasteiger partial charge in [0.05, 0.1) is 12.5 Å². The van der Waals surface area contributed by atoms with Gasteiger partial charge in [0.1, 0.15) is 0 Å². The molecule has 3 atom stereocenters. The maximum Gasteiger partial charge on any atom is 0.305 e. The van der Waals surface area contributed by atoms with Crippen molar-refractivity contribution in [2.75, 3.05) is 0 Å². The van der Waals surface area contributed by atoms with Crippen LogP contribution in [-0.4, -0.2) is 34.6 Å². The Labute approximate surface area is 114 Å². The van der Waals surface area contributed by atoms with E-state index in [-0.39, 0.29) is 18.4 Å². The first-order valence-corrected chi connectivity index (χ1v) is 7.17.